The first kappa shape index (κ1) is 20.8. The van der Waals surface area contributed by atoms with Gasteiger partial charge in [0.15, 0.2) is 0 Å². The maximum absolute atomic E-state index is 12.2. The Kier molecular flexibility index (Phi) is 6.84. The van der Waals surface area contributed by atoms with Crippen LogP contribution in [0.1, 0.15) is 22.3 Å². The minimum atomic E-state index is -3.73. The molecule has 2 amide bonds. The number of nitrogens with one attached hydrogen (secondary N) is 2. The number of amides is 2. The zero-order valence-electron chi connectivity index (χ0n) is 15.8. The highest BCUT2D eigenvalue weighted by Crippen LogP contribution is 2.19. The van der Waals surface area contributed by atoms with E-state index in [1.807, 2.05) is 30.3 Å². The predicted octanol–water partition coefficient (Wildman–Crippen LogP) is 1.91. The smallest absolute Gasteiger partial charge is 0.410 e. The largest absolute Gasteiger partial charge is 0.445 e. The van der Waals surface area contributed by atoms with Crippen molar-refractivity contribution in [3.63, 3.8) is 0 Å². The minimum Gasteiger partial charge on any atom is -0.445 e. The zero-order chi connectivity index (χ0) is 20.7. The van der Waals surface area contributed by atoms with Crippen LogP contribution in [0.5, 0.6) is 0 Å². The van der Waals surface area contributed by atoms with E-state index < -0.39 is 22.0 Å². The Morgan fingerprint density at radius 3 is 2.38 bits per heavy atom. The lowest BCUT2D eigenvalue weighted by Crippen LogP contribution is -2.44. The highest BCUT2D eigenvalue weighted by molar-refractivity contribution is 7.89. The van der Waals surface area contributed by atoms with Crippen LogP contribution in [0, 0.1) is 5.92 Å². The van der Waals surface area contributed by atoms with Gasteiger partial charge in [-0.05, 0) is 30.0 Å². The molecule has 0 aromatic heterocycles. The fourth-order valence-corrected chi connectivity index (χ4v) is 4.31. The van der Waals surface area contributed by atoms with Gasteiger partial charge in [-0.1, -0.05) is 48.5 Å². The van der Waals surface area contributed by atoms with Crippen LogP contribution in [0.2, 0.25) is 0 Å². The molecule has 9 heteroatoms. The van der Waals surface area contributed by atoms with E-state index in [4.69, 9.17) is 4.74 Å². The number of rotatable bonds is 7. The first-order valence-corrected chi connectivity index (χ1v) is 10.9. The van der Waals surface area contributed by atoms with Gasteiger partial charge in [0.05, 0.1) is 5.75 Å². The maximum atomic E-state index is 12.2. The summed E-state index contributed by atoms with van der Waals surface area (Å²) in [6, 6.07) is 17.6. The van der Waals surface area contributed by atoms with Crippen LogP contribution in [-0.2, 0) is 21.4 Å². The van der Waals surface area contributed by atoms with Crippen molar-refractivity contribution >= 4 is 22.0 Å². The van der Waals surface area contributed by atoms with Gasteiger partial charge in [-0.2, -0.15) is 0 Å². The number of hydrazine groups is 1. The molecular weight excluding hydrogens is 394 g/mol. The van der Waals surface area contributed by atoms with Crippen LogP contribution in [0.4, 0.5) is 4.79 Å². The Morgan fingerprint density at radius 1 is 1.03 bits per heavy atom. The van der Waals surface area contributed by atoms with Gasteiger partial charge in [0.25, 0.3) is 5.91 Å². The van der Waals surface area contributed by atoms with E-state index in [1.54, 1.807) is 30.3 Å². The number of ether oxygens (including phenoxy) is 1. The fourth-order valence-electron chi connectivity index (χ4n) is 3.08. The van der Waals surface area contributed by atoms with E-state index in [-0.39, 0.29) is 18.3 Å². The molecule has 0 saturated carbocycles. The van der Waals surface area contributed by atoms with E-state index in [0.717, 1.165) is 5.56 Å². The first-order valence-electron chi connectivity index (χ1n) is 9.23. The van der Waals surface area contributed by atoms with Crippen molar-refractivity contribution in [2.75, 3.05) is 18.8 Å². The molecule has 2 aromatic carbocycles. The van der Waals surface area contributed by atoms with Crippen molar-refractivity contribution in [2.24, 2.45) is 5.92 Å². The third-order valence-electron chi connectivity index (χ3n) is 4.56. The average Bonchev–Trinajstić information content (AvgIpc) is 3.19. The number of carbonyl (C=O) groups is 2. The Labute approximate surface area is 169 Å². The van der Waals surface area contributed by atoms with Crippen LogP contribution < -0.4 is 10.3 Å². The van der Waals surface area contributed by atoms with Crippen molar-refractivity contribution < 1.29 is 22.7 Å². The summed E-state index contributed by atoms with van der Waals surface area (Å²) in [5, 5.41) is 0. The molecule has 0 unspecified atom stereocenters. The molecule has 1 aliphatic rings. The summed E-state index contributed by atoms with van der Waals surface area (Å²) in [4.78, 5) is 27.8. The molecule has 29 heavy (non-hydrogen) atoms. The summed E-state index contributed by atoms with van der Waals surface area (Å²) < 4.78 is 29.8. The van der Waals surface area contributed by atoms with Gasteiger partial charge in [-0.3, -0.25) is 10.2 Å². The molecule has 2 N–H and O–H groups in total. The zero-order valence-corrected chi connectivity index (χ0v) is 16.6. The van der Waals surface area contributed by atoms with Crippen molar-refractivity contribution in [1.29, 1.82) is 0 Å². The van der Waals surface area contributed by atoms with Gasteiger partial charge < -0.3 is 9.64 Å². The molecule has 3 rings (SSSR count). The van der Waals surface area contributed by atoms with Crippen LogP contribution in [0.25, 0.3) is 0 Å². The lowest BCUT2D eigenvalue weighted by atomic mass is 10.2. The van der Waals surface area contributed by atoms with Gasteiger partial charge in [-0.25, -0.2) is 13.2 Å². The second-order valence-electron chi connectivity index (χ2n) is 6.84. The average molecular weight is 417 g/mol. The van der Waals surface area contributed by atoms with Crippen molar-refractivity contribution in [3.8, 4) is 0 Å². The first-order chi connectivity index (χ1) is 13.9. The van der Waals surface area contributed by atoms with Crippen molar-refractivity contribution in [1.82, 2.24) is 15.2 Å². The molecule has 1 atom stereocenters. The third-order valence-corrected chi connectivity index (χ3v) is 5.88. The highest BCUT2D eigenvalue weighted by Gasteiger charge is 2.30. The number of carbonyl (C=O) groups excluding carboxylic acids is 2. The van der Waals surface area contributed by atoms with Crippen molar-refractivity contribution in [3.05, 3.63) is 71.8 Å². The van der Waals surface area contributed by atoms with E-state index in [0.29, 0.717) is 25.1 Å². The highest BCUT2D eigenvalue weighted by atomic mass is 32.2. The van der Waals surface area contributed by atoms with Gasteiger partial charge in [0, 0.05) is 18.7 Å². The van der Waals surface area contributed by atoms with Crippen LogP contribution in [-0.4, -0.2) is 44.2 Å². The predicted molar refractivity (Wildman–Crippen MR) is 107 cm³/mol. The lowest BCUT2D eigenvalue weighted by Gasteiger charge is -2.17. The van der Waals surface area contributed by atoms with Gasteiger partial charge in [-0.15, -0.1) is 4.83 Å². The molecule has 2 aromatic rings. The normalized spacial score (nSPS) is 16.4. The summed E-state index contributed by atoms with van der Waals surface area (Å²) >= 11 is 0. The number of sulfonamides is 1. The number of hydrogen-bond donors (Lipinski definition) is 2. The molecular formula is C20H23N3O5S. The molecule has 1 saturated heterocycles. The Bertz CT molecular complexity index is 935. The van der Waals surface area contributed by atoms with E-state index >= 15 is 0 Å². The molecule has 0 bridgehead atoms. The monoisotopic (exact) mass is 417 g/mol. The molecule has 8 nitrogen and oxygen atoms in total. The van der Waals surface area contributed by atoms with Crippen LogP contribution >= 0.6 is 0 Å². The Balaban J connectivity index is 1.43. The number of likely N-dealkylation sites (tertiary alicyclic amines) is 1. The van der Waals surface area contributed by atoms with Gasteiger partial charge in [0.1, 0.15) is 6.61 Å². The lowest BCUT2D eigenvalue weighted by molar-refractivity contribution is 0.0944. The summed E-state index contributed by atoms with van der Waals surface area (Å²) in [6.45, 7) is 0.900. The summed E-state index contributed by atoms with van der Waals surface area (Å²) in [5.41, 5.74) is 3.44. The topological polar surface area (TPSA) is 105 Å². The number of benzene rings is 2. The van der Waals surface area contributed by atoms with E-state index in [9.17, 15) is 18.0 Å². The Hall–Kier alpha value is -2.91. The molecule has 1 heterocycles. The van der Waals surface area contributed by atoms with Crippen molar-refractivity contribution in [2.45, 2.75) is 13.0 Å². The standard InChI is InChI=1S/C20H23N3O5S/c24-19(18-9-5-2-6-10-18)21-22-29(26,27)15-17-11-12-23(13-17)20(25)28-14-16-7-3-1-4-8-16/h1-10,17,22H,11-15H2,(H,21,24)/t17-/m1/s1. The second kappa shape index (κ2) is 9.53. The Morgan fingerprint density at radius 2 is 1.69 bits per heavy atom. The SMILES string of the molecule is O=C(NNS(=O)(=O)C[C@@H]1CCN(C(=O)OCc2ccccc2)C1)c1ccccc1. The molecule has 1 aliphatic heterocycles. The summed E-state index contributed by atoms with van der Waals surface area (Å²) in [6.07, 6.45) is 0.0904. The van der Waals surface area contributed by atoms with Gasteiger partial charge >= 0.3 is 6.09 Å². The van der Waals surface area contributed by atoms with E-state index in [1.165, 1.54) is 4.90 Å². The van der Waals surface area contributed by atoms with Crippen LogP contribution in [0.15, 0.2) is 60.7 Å². The third kappa shape index (κ3) is 6.30. The molecule has 154 valence electrons. The molecule has 1 fully saturated rings. The maximum Gasteiger partial charge on any atom is 0.410 e. The van der Waals surface area contributed by atoms with E-state index in [2.05, 4.69) is 10.3 Å². The quantitative estimate of drug-likeness (QED) is 0.670. The summed E-state index contributed by atoms with van der Waals surface area (Å²) in [7, 11) is -3.73. The summed E-state index contributed by atoms with van der Waals surface area (Å²) in [5.74, 6) is -0.957. The number of hydrogen-bond acceptors (Lipinski definition) is 5. The number of nitrogens with zero attached hydrogens (tertiary/aromatic N) is 1. The fraction of sp³-hybridized carbons (Fsp3) is 0.300. The molecule has 0 aliphatic carbocycles. The van der Waals surface area contributed by atoms with Crippen LogP contribution in [0.3, 0.4) is 0 Å². The minimum absolute atomic E-state index is 0.173. The second-order valence-corrected chi connectivity index (χ2v) is 8.61. The van der Waals surface area contributed by atoms with Gasteiger partial charge in [0.2, 0.25) is 10.0 Å². The molecule has 0 spiro atoms. The molecule has 0 radical (unpaired) electrons.